The lowest BCUT2D eigenvalue weighted by Gasteiger charge is -2.19. The second kappa shape index (κ2) is 9.56. The summed E-state index contributed by atoms with van der Waals surface area (Å²) in [6.07, 6.45) is -0.421. The van der Waals surface area contributed by atoms with Crippen molar-refractivity contribution in [1.82, 2.24) is 5.32 Å². The smallest absolute Gasteiger partial charge is 0.407 e. The average molecular weight is 265 g/mol. The number of thioether (sulfide) groups is 1. The van der Waals surface area contributed by atoms with E-state index in [-0.39, 0.29) is 6.61 Å². The van der Waals surface area contributed by atoms with Crippen molar-refractivity contribution >= 4 is 17.9 Å². The van der Waals surface area contributed by atoms with Gasteiger partial charge in [-0.3, -0.25) is 0 Å². The quantitative estimate of drug-likeness (QED) is 0.647. The number of ether oxygens (including phenoxy) is 2. The number of aliphatic hydroxyl groups excluding tert-OH is 1. The molecule has 0 unspecified atom stereocenters. The lowest BCUT2D eigenvalue weighted by molar-refractivity contribution is 0.0503. The van der Waals surface area contributed by atoms with Gasteiger partial charge < -0.3 is 19.9 Å². The molecule has 0 saturated carbocycles. The number of amides is 1. The summed E-state index contributed by atoms with van der Waals surface area (Å²) in [7, 11) is 0. The van der Waals surface area contributed by atoms with Gasteiger partial charge >= 0.3 is 6.09 Å². The van der Waals surface area contributed by atoms with E-state index in [0.29, 0.717) is 19.8 Å². The SMILES string of the molecule is CC(C)(C)OC(=O)NCCOCCSCCO. The molecule has 0 aromatic heterocycles. The van der Waals surface area contributed by atoms with E-state index >= 15 is 0 Å². The number of carbonyl (C=O) groups excluding carboxylic acids is 1. The predicted octanol–water partition coefficient (Wildman–Crippen LogP) is 1.25. The first kappa shape index (κ1) is 16.5. The van der Waals surface area contributed by atoms with Crippen LogP contribution in [0, 0.1) is 0 Å². The van der Waals surface area contributed by atoms with Crippen molar-refractivity contribution in [3.05, 3.63) is 0 Å². The Bertz CT molecular complexity index is 206. The first-order valence-corrected chi connectivity index (χ1v) is 6.84. The van der Waals surface area contributed by atoms with Gasteiger partial charge in [0.05, 0.1) is 19.8 Å². The van der Waals surface area contributed by atoms with Crippen molar-refractivity contribution in [2.24, 2.45) is 0 Å². The van der Waals surface area contributed by atoms with Crippen LogP contribution < -0.4 is 5.32 Å². The van der Waals surface area contributed by atoms with E-state index in [2.05, 4.69) is 5.32 Å². The number of rotatable bonds is 8. The molecule has 2 N–H and O–H groups in total. The van der Waals surface area contributed by atoms with Crippen LogP contribution in [-0.2, 0) is 9.47 Å². The fraction of sp³-hybridized carbons (Fsp3) is 0.909. The minimum absolute atomic E-state index is 0.199. The van der Waals surface area contributed by atoms with E-state index in [1.807, 2.05) is 20.8 Å². The summed E-state index contributed by atoms with van der Waals surface area (Å²) in [5.41, 5.74) is -0.466. The average Bonchev–Trinajstić information content (AvgIpc) is 2.19. The van der Waals surface area contributed by atoms with E-state index in [9.17, 15) is 4.79 Å². The summed E-state index contributed by atoms with van der Waals surface area (Å²) in [4.78, 5) is 11.2. The van der Waals surface area contributed by atoms with Crippen molar-refractivity contribution in [3.63, 3.8) is 0 Å². The summed E-state index contributed by atoms with van der Waals surface area (Å²) in [6.45, 7) is 7.20. The molecular weight excluding hydrogens is 242 g/mol. The van der Waals surface area contributed by atoms with Crippen LogP contribution in [0.4, 0.5) is 4.79 Å². The first-order valence-electron chi connectivity index (χ1n) is 5.69. The first-order chi connectivity index (χ1) is 7.95. The zero-order chi connectivity index (χ0) is 13.1. The van der Waals surface area contributed by atoms with Gasteiger partial charge in [0.2, 0.25) is 0 Å². The summed E-state index contributed by atoms with van der Waals surface area (Å²) >= 11 is 1.64. The second-order valence-corrected chi connectivity index (χ2v) is 5.60. The minimum atomic E-state index is -0.466. The Labute approximate surface area is 107 Å². The van der Waals surface area contributed by atoms with E-state index in [1.165, 1.54) is 0 Å². The molecule has 0 aromatic rings. The van der Waals surface area contributed by atoms with Crippen LogP contribution >= 0.6 is 11.8 Å². The maximum atomic E-state index is 11.2. The maximum absolute atomic E-state index is 11.2. The van der Waals surface area contributed by atoms with Crippen LogP contribution in [0.5, 0.6) is 0 Å². The number of alkyl carbamates (subject to hydrolysis) is 1. The topological polar surface area (TPSA) is 67.8 Å². The van der Waals surface area contributed by atoms with Crippen LogP contribution in [0.2, 0.25) is 0 Å². The largest absolute Gasteiger partial charge is 0.444 e. The fourth-order valence-electron chi connectivity index (χ4n) is 0.926. The van der Waals surface area contributed by atoms with Crippen molar-refractivity contribution < 1.29 is 19.4 Å². The standard InChI is InChI=1S/C11H23NO4S/c1-11(2,3)16-10(14)12-4-6-15-7-9-17-8-5-13/h13H,4-9H2,1-3H3,(H,12,14). The van der Waals surface area contributed by atoms with Crippen LogP contribution in [0.15, 0.2) is 0 Å². The Kier molecular flexibility index (Phi) is 9.30. The van der Waals surface area contributed by atoms with Crippen molar-refractivity contribution in [2.75, 3.05) is 37.9 Å². The highest BCUT2D eigenvalue weighted by atomic mass is 32.2. The lowest BCUT2D eigenvalue weighted by atomic mass is 10.2. The molecule has 1 amide bonds. The monoisotopic (exact) mass is 265 g/mol. The molecule has 0 aliphatic carbocycles. The van der Waals surface area contributed by atoms with Gasteiger partial charge in [0.1, 0.15) is 5.60 Å². The van der Waals surface area contributed by atoms with Gasteiger partial charge in [-0.25, -0.2) is 4.79 Å². The normalized spacial score (nSPS) is 11.3. The van der Waals surface area contributed by atoms with E-state index in [4.69, 9.17) is 14.6 Å². The molecular formula is C11H23NO4S. The molecule has 0 fully saturated rings. The highest BCUT2D eigenvalue weighted by Gasteiger charge is 2.15. The molecule has 0 heterocycles. The molecule has 102 valence electrons. The summed E-state index contributed by atoms with van der Waals surface area (Å²) in [5.74, 6) is 1.59. The third-order valence-electron chi connectivity index (χ3n) is 1.52. The Morgan fingerprint density at radius 2 is 2.00 bits per heavy atom. The Morgan fingerprint density at radius 3 is 2.59 bits per heavy atom. The van der Waals surface area contributed by atoms with Crippen LogP contribution in [0.25, 0.3) is 0 Å². The molecule has 17 heavy (non-hydrogen) atoms. The Balaban J connectivity index is 3.25. The molecule has 0 spiro atoms. The molecule has 0 atom stereocenters. The fourth-order valence-corrected chi connectivity index (χ4v) is 1.49. The van der Waals surface area contributed by atoms with Crippen molar-refractivity contribution in [1.29, 1.82) is 0 Å². The third-order valence-corrected chi connectivity index (χ3v) is 2.45. The highest BCUT2D eigenvalue weighted by molar-refractivity contribution is 7.99. The number of aliphatic hydroxyl groups is 1. The Hall–Kier alpha value is -0.460. The third kappa shape index (κ3) is 13.5. The van der Waals surface area contributed by atoms with Gasteiger partial charge in [0.25, 0.3) is 0 Å². The summed E-state index contributed by atoms with van der Waals surface area (Å²) in [6, 6.07) is 0. The maximum Gasteiger partial charge on any atom is 0.407 e. The van der Waals surface area contributed by atoms with Gasteiger partial charge in [-0.05, 0) is 20.8 Å². The van der Waals surface area contributed by atoms with Gasteiger partial charge in [0.15, 0.2) is 0 Å². The number of nitrogens with one attached hydrogen (secondary N) is 1. The van der Waals surface area contributed by atoms with Gasteiger partial charge in [-0.1, -0.05) is 0 Å². The molecule has 0 aliphatic rings. The minimum Gasteiger partial charge on any atom is -0.444 e. The van der Waals surface area contributed by atoms with Crippen LogP contribution in [-0.4, -0.2) is 54.7 Å². The van der Waals surface area contributed by atoms with Gasteiger partial charge in [-0.15, -0.1) is 0 Å². The Morgan fingerprint density at radius 1 is 1.29 bits per heavy atom. The molecule has 0 aromatic carbocycles. The zero-order valence-electron chi connectivity index (χ0n) is 10.8. The number of hydrogen-bond donors (Lipinski definition) is 2. The number of hydrogen-bond acceptors (Lipinski definition) is 5. The zero-order valence-corrected chi connectivity index (χ0v) is 11.6. The summed E-state index contributed by atoms with van der Waals surface area (Å²) in [5, 5.41) is 11.1. The second-order valence-electron chi connectivity index (χ2n) is 4.38. The van der Waals surface area contributed by atoms with E-state index < -0.39 is 11.7 Å². The van der Waals surface area contributed by atoms with Crippen molar-refractivity contribution in [2.45, 2.75) is 26.4 Å². The van der Waals surface area contributed by atoms with E-state index in [0.717, 1.165) is 11.5 Å². The van der Waals surface area contributed by atoms with Gasteiger partial charge in [-0.2, -0.15) is 11.8 Å². The highest BCUT2D eigenvalue weighted by Crippen LogP contribution is 2.06. The van der Waals surface area contributed by atoms with Gasteiger partial charge in [0, 0.05) is 18.1 Å². The van der Waals surface area contributed by atoms with E-state index in [1.54, 1.807) is 11.8 Å². The predicted molar refractivity (Wildman–Crippen MR) is 69.5 cm³/mol. The molecule has 5 nitrogen and oxygen atoms in total. The molecule has 0 aliphatic heterocycles. The molecule has 0 radical (unpaired) electrons. The summed E-state index contributed by atoms with van der Waals surface area (Å²) < 4.78 is 10.3. The van der Waals surface area contributed by atoms with Crippen LogP contribution in [0.3, 0.4) is 0 Å². The van der Waals surface area contributed by atoms with Crippen LogP contribution in [0.1, 0.15) is 20.8 Å². The van der Waals surface area contributed by atoms with Crippen molar-refractivity contribution in [3.8, 4) is 0 Å². The molecule has 0 rings (SSSR count). The molecule has 0 saturated heterocycles. The molecule has 6 heteroatoms. The lowest BCUT2D eigenvalue weighted by Crippen LogP contribution is -2.34. The number of carbonyl (C=O) groups is 1. The molecule has 0 bridgehead atoms.